The summed E-state index contributed by atoms with van der Waals surface area (Å²) in [6.07, 6.45) is 1.82. The summed E-state index contributed by atoms with van der Waals surface area (Å²) in [4.78, 5) is 10.3. The Morgan fingerprint density at radius 1 is 1.69 bits per heavy atom. The first kappa shape index (κ1) is 9.33. The van der Waals surface area contributed by atoms with Gasteiger partial charge in [0, 0.05) is 5.38 Å². The van der Waals surface area contributed by atoms with Crippen LogP contribution in [0.4, 0.5) is 5.69 Å². The van der Waals surface area contributed by atoms with Crippen molar-refractivity contribution in [3.8, 4) is 0 Å². The van der Waals surface area contributed by atoms with E-state index in [1.807, 2.05) is 0 Å². The molecule has 0 saturated carbocycles. The lowest BCUT2D eigenvalue weighted by atomic mass is 10.5. The van der Waals surface area contributed by atoms with E-state index in [1.54, 1.807) is 5.38 Å². The highest BCUT2D eigenvalue weighted by molar-refractivity contribution is 7.03. The third-order valence-corrected chi connectivity index (χ3v) is 1.61. The number of azo groups is 1. The number of aliphatic hydroxyl groups is 1. The Labute approximate surface area is 77.0 Å². The highest BCUT2D eigenvalue weighted by atomic mass is 32.1. The first-order valence-corrected chi connectivity index (χ1v) is 3.96. The van der Waals surface area contributed by atoms with Gasteiger partial charge >= 0.3 is 5.97 Å². The normalized spacial score (nSPS) is 12.2. The fourth-order valence-electron chi connectivity index (χ4n) is 0.484. The molecule has 1 aromatic heterocycles. The number of aromatic nitrogens is 1. The van der Waals surface area contributed by atoms with Crippen LogP contribution >= 0.6 is 11.5 Å². The average Bonchev–Trinajstić information content (AvgIpc) is 2.57. The van der Waals surface area contributed by atoms with Crippen molar-refractivity contribution in [1.29, 1.82) is 0 Å². The van der Waals surface area contributed by atoms with Gasteiger partial charge in [-0.1, -0.05) is 0 Å². The molecule has 0 radical (unpaired) electrons. The lowest BCUT2D eigenvalue weighted by Gasteiger charge is -1.87. The second-order valence-corrected chi connectivity index (χ2v) is 2.56. The molecule has 0 amide bonds. The summed E-state index contributed by atoms with van der Waals surface area (Å²) in [5, 5.41) is 25.2. The zero-order valence-electron chi connectivity index (χ0n) is 6.28. The Bertz CT molecular complexity index is 344. The van der Waals surface area contributed by atoms with Crippen molar-refractivity contribution in [2.24, 2.45) is 10.2 Å². The maximum Gasteiger partial charge on any atom is 0.359 e. The van der Waals surface area contributed by atoms with Crippen molar-refractivity contribution in [2.75, 3.05) is 0 Å². The molecule has 0 aliphatic rings. The van der Waals surface area contributed by atoms with Gasteiger partial charge in [-0.2, -0.15) is 4.37 Å². The summed E-state index contributed by atoms with van der Waals surface area (Å²) in [5.41, 5.74) is -0.0724. The van der Waals surface area contributed by atoms with E-state index in [9.17, 15) is 4.79 Å². The lowest BCUT2D eigenvalue weighted by Crippen LogP contribution is -1.96. The minimum Gasteiger partial charge on any atom is -0.513 e. The van der Waals surface area contributed by atoms with Gasteiger partial charge in [-0.15, -0.1) is 10.2 Å². The third kappa shape index (κ3) is 2.64. The minimum absolute atomic E-state index is 0.381. The molecule has 13 heavy (non-hydrogen) atoms. The van der Waals surface area contributed by atoms with Crippen molar-refractivity contribution >= 4 is 23.2 Å². The number of carbonyl (C=O) groups is 1. The summed E-state index contributed by atoms with van der Waals surface area (Å²) in [5.74, 6) is -1.34. The van der Waals surface area contributed by atoms with Crippen LogP contribution in [0.3, 0.4) is 0 Å². The van der Waals surface area contributed by atoms with Crippen molar-refractivity contribution in [1.82, 2.24) is 4.37 Å². The molecular weight excluding hydrogens is 194 g/mol. The molecular formula is C6H5N3O3S. The Balaban J connectivity index is 2.73. The Hall–Kier alpha value is -1.76. The van der Waals surface area contributed by atoms with Gasteiger partial charge in [0.05, 0.1) is 6.20 Å². The van der Waals surface area contributed by atoms with E-state index in [0.29, 0.717) is 11.9 Å². The Morgan fingerprint density at radius 3 is 2.92 bits per heavy atom. The van der Waals surface area contributed by atoms with Crippen molar-refractivity contribution in [2.45, 2.75) is 0 Å². The van der Waals surface area contributed by atoms with E-state index in [2.05, 4.69) is 14.6 Å². The van der Waals surface area contributed by atoms with Gasteiger partial charge in [-0.25, -0.2) is 4.79 Å². The second-order valence-electron chi connectivity index (χ2n) is 1.90. The van der Waals surface area contributed by atoms with Gasteiger partial charge in [0.2, 0.25) is 5.70 Å². The van der Waals surface area contributed by atoms with Crippen molar-refractivity contribution in [3.63, 3.8) is 0 Å². The number of hydrogen-bond acceptors (Lipinski definition) is 6. The van der Waals surface area contributed by atoms with Crippen LogP contribution in [0.1, 0.15) is 0 Å². The summed E-state index contributed by atoms with van der Waals surface area (Å²) in [6.45, 7) is 0. The standard InChI is InChI=1S/C6H5N3O3S/c10-2-5(6(11)12)9-8-4-1-7-13-3-4/h1-3,10H,(H,11,12). The molecule has 0 fully saturated rings. The zero-order valence-corrected chi connectivity index (χ0v) is 7.10. The van der Waals surface area contributed by atoms with E-state index in [0.717, 1.165) is 0 Å². The van der Waals surface area contributed by atoms with Crippen LogP contribution in [-0.2, 0) is 4.79 Å². The van der Waals surface area contributed by atoms with E-state index in [4.69, 9.17) is 10.2 Å². The molecule has 0 aliphatic carbocycles. The fourth-order valence-corrected chi connectivity index (χ4v) is 0.930. The zero-order chi connectivity index (χ0) is 9.68. The van der Waals surface area contributed by atoms with E-state index in [1.165, 1.54) is 17.7 Å². The molecule has 6 nitrogen and oxygen atoms in total. The number of hydrogen-bond donors (Lipinski definition) is 2. The minimum atomic E-state index is -1.34. The van der Waals surface area contributed by atoms with Crippen LogP contribution in [0.15, 0.2) is 33.8 Å². The molecule has 0 saturated heterocycles. The van der Waals surface area contributed by atoms with Gasteiger partial charge in [-0.05, 0) is 11.5 Å². The van der Waals surface area contributed by atoms with Gasteiger partial charge in [0.15, 0.2) is 0 Å². The molecule has 0 bridgehead atoms. The van der Waals surface area contributed by atoms with Crippen LogP contribution in [0.5, 0.6) is 0 Å². The number of aliphatic hydroxyl groups excluding tert-OH is 1. The van der Waals surface area contributed by atoms with Crippen LogP contribution in [0.25, 0.3) is 0 Å². The summed E-state index contributed by atoms with van der Waals surface area (Å²) < 4.78 is 3.73. The van der Waals surface area contributed by atoms with E-state index >= 15 is 0 Å². The Morgan fingerprint density at radius 2 is 2.46 bits per heavy atom. The van der Waals surface area contributed by atoms with Gasteiger partial charge in [0.25, 0.3) is 0 Å². The third-order valence-electron chi connectivity index (χ3n) is 1.03. The summed E-state index contributed by atoms with van der Waals surface area (Å²) in [7, 11) is 0. The number of carboxylic acid groups (broad SMARTS) is 1. The molecule has 0 spiro atoms. The second kappa shape index (κ2) is 4.31. The first-order chi connectivity index (χ1) is 6.24. The smallest absolute Gasteiger partial charge is 0.359 e. The molecule has 0 unspecified atom stereocenters. The molecule has 68 valence electrons. The Kier molecular flexibility index (Phi) is 3.09. The lowest BCUT2D eigenvalue weighted by molar-refractivity contribution is -0.132. The molecule has 2 N–H and O–H groups in total. The quantitative estimate of drug-likeness (QED) is 0.440. The number of nitrogens with zero attached hydrogens (tertiary/aromatic N) is 3. The predicted octanol–water partition coefficient (Wildman–Crippen LogP) is 1.71. The number of rotatable bonds is 3. The summed E-state index contributed by atoms with van der Waals surface area (Å²) >= 11 is 1.17. The molecule has 7 heteroatoms. The van der Waals surface area contributed by atoms with Crippen LogP contribution in [0.2, 0.25) is 0 Å². The van der Waals surface area contributed by atoms with Crippen LogP contribution in [0, 0.1) is 0 Å². The topological polar surface area (TPSA) is 95.1 Å². The number of aliphatic carboxylic acids is 1. The fraction of sp³-hybridized carbons (Fsp3) is 0. The maximum absolute atomic E-state index is 10.3. The predicted molar refractivity (Wildman–Crippen MR) is 45.0 cm³/mol. The first-order valence-electron chi connectivity index (χ1n) is 3.13. The molecule has 1 heterocycles. The average molecular weight is 199 g/mol. The van der Waals surface area contributed by atoms with Crippen LogP contribution < -0.4 is 0 Å². The highest BCUT2D eigenvalue weighted by Crippen LogP contribution is 2.14. The molecule has 0 atom stereocenters. The summed E-state index contributed by atoms with van der Waals surface area (Å²) in [6, 6.07) is 0. The van der Waals surface area contributed by atoms with Gasteiger partial charge < -0.3 is 10.2 Å². The van der Waals surface area contributed by atoms with Gasteiger partial charge in [0.1, 0.15) is 11.9 Å². The van der Waals surface area contributed by atoms with E-state index in [-0.39, 0.29) is 0 Å². The SMILES string of the molecule is O=C(O)C(=CO)N=Nc1cnsc1. The largest absolute Gasteiger partial charge is 0.513 e. The monoisotopic (exact) mass is 199 g/mol. The maximum atomic E-state index is 10.3. The van der Waals surface area contributed by atoms with Crippen LogP contribution in [-0.4, -0.2) is 20.6 Å². The number of carboxylic acids is 1. The molecule has 0 aromatic carbocycles. The molecule has 1 aromatic rings. The highest BCUT2D eigenvalue weighted by Gasteiger charge is 2.04. The van der Waals surface area contributed by atoms with E-state index < -0.39 is 11.7 Å². The van der Waals surface area contributed by atoms with Crippen molar-refractivity contribution in [3.05, 3.63) is 23.5 Å². The molecule has 1 rings (SSSR count). The molecule has 0 aliphatic heterocycles. The van der Waals surface area contributed by atoms with Gasteiger partial charge in [-0.3, -0.25) is 0 Å². The van der Waals surface area contributed by atoms with Crippen molar-refractivity contribution < 1.29 is 15.0 Å².